The van der Waals surface area contributed by atoms with Gasteiger partial charge in [0.25, 0.3) is 0 Å². The van der Waals surface area contributed by atoms with E-state index in [9.17, 15) is 8.42 Å². The lowest BCUT2D eigenvalue weighted by Crippen LogP contribution is -2.64. The van der Waals surface area contributed by atoms with Crippen LogP contribution in [0.5, 0.6) is 5.75 Å². The molecule has 2 aliphatic heterocycles. The maximum absolute atomic E-state index is 13.9. The molecule has 0 spiro atoms. The summed E-state index contributed by atoms with van der Waals surface area (Å²) in [5.41, 5.74) is 3.61. The molecule has 0 amide bonds. The van der Waals surface area contributed by atoms with Gasteiger partial charge in [-0.05, 0) is 81.9 Å². The largest absolute Gasteiger partial charge is 0.488 e. The molecule has 4 aliphatic rings. The Kier molecular flexibility index (Phi) is 10.4. The van der Waals surface area contributed by atoms with Gasteiger partial charge in [0.2, 0.25) is 10.0 Å². The fourth-order valence-corrected chi connectivity index (χ4v) is 9.43. The number of ether oxygens (including phenoxy) is 2. The van der Waals surface area contributed by atoms with Crippen molar-refractivity contribution in [3.05, 3.63) is 53.1 Å². The average molecular weight is 641 g/mol. The smallest absolute Gasteiger partial charge is 0.216 e. The zero-order valence-electron chi connectivity index (χ0n) is 27.4. The van der Waals surface area contributed by atoms with Crippen molar-refractivity contribution >= 4 is 10.0 Å². The lowest BCUT2D eigenvalue weighted by Gasteiger charge is -2.41. The van der Waals surface area contributed by atoms with Crippen molar-refractivity contribution in [2.75, 3.05) is 13.2 Å². The number of aromatic nitrogens is 2. The van der Waals surface area contributed by atoms with Crippen LogP contribution in [0.2, 0.25) is 0 Å². The van der Waals surface area contributed by atoms with Crippen molar-refractivity contribution in [1.29, 1.82) is 0 Å². The maximum Gasteiger partial charge on any atom is 0.216 e. The molecule has 248 valence electrons. The predicted octanol–water partition coefficient (Wildman–Crippen LogP) is 4.68. The highest BCUT2D eigenvalue weighted by molar-refractivity contribution is 7.90. The number of rotatable bonds is 7. The highest BCUT2D eigenvalue weighted by Crippen LogP contribution is 2.36. The van der Waals surface area contributed by atoms with Gasteiger partial charge in [0, 0.05) is 25.0 Å². The Bertz CT molecular complexity index is 1370. The SMILES string of the molecule is Cc1cccc(C)c1C1CC2NC(N1)NS(=O)(=O)C1CCCC(C1)CN(Cc1ncc(OC(C)C)cn1)[C@H](CC1CCC1)CO2. The minimum atomic E-state index is -3.58. The van der Waals surface area contributed by atoms with Crippen molar-refractivity contribution < 1.29 is 17.9 Å². The number of aryl methyl sites for hydroxylation is 2. The Morgan fingerprint density at radius 3 is 2.44 bits per heavy atom. The van der Waals surface area contributed by atoms with Crippen LogP contribution in [0, 0.1) is 25.7 Å². The Morgan fingerprint density at radius 1 is 1.02 bits per heavy atom. The van der Waals surface area contributed by atoms with Gasteiger partial charge in [-0.3, -0.25) is 15.5 Å². The minimum absolute atomic E-state index is 0.0458. The molecule has 4 fully saturated rings. The molecule has 0 radical (unpaired) electrons. The fourth-order valence-electron chi connectivity index (χ4n) is 7.77. The molecular weight excluding hydrogens is 588 g/mol. The molecule has 4 bridgehead atoms. The van der Waals surface area contributed by atoms with Gasteiger partial charge in [-0.2, -0.15) is 4.72 Å². The Hall–Kier alpha value is -2.15. The third-order valence-corrected chi connectivity index (χ3v) is 12.1. The van der Waals surface area contributed by atoms with E-state index in [-0.39, 0.29) is 30.3 Å². The highest BCUT2D eigenvalue weighted by atomic mass is 32.2. The normalized spacial score (nSPS) is 31.3. The van der Waals surface area contributed by atoms with Crippen LogP contribution in [0.15, 0.2) is 30.6 Å². The topological polar surface area (TPSA) is 118 Å². The molecule has 1 aromatic heterocycles. The summed E-state index contributed by atoms with van der Waals surface area (Å²) in [6.07, 6.45) is 11.5. The van der Waals surface area contributed by atoms with Gasteiger partial charge in [-0.1, -0.05) is 43.9 Å². The average Bonchev–Trinajstić information content (AvgIpc) is 2.96. The van der Waals surface area contributed by atoms with E-state index in [1.165, 1.54) is 36.0 Å². The first-order chi connectivity index (χ1) is 21.6. The van der Waals surface area contributed by atoms with E-state index >= 15 is 0 Å². The molecule has 3 heterocycles. The predicted molar refractivity (Wildman–Crippen MR) is 175 cm³/mol. The molecule has 2 saturated heterocycles. The van der Waals surface area contributed by atoms with Crippen LogP contribution in [0.1, 0.15) is 100 Å². The molecule has 2 aromatic rings. The first-order valence-electron chi connectivity index (χ1n) is 17.1. The number of nitrogens with one attached hydrogen (secondary N) is 3. The lowest BCUT2D eigenvalue weighted by molar-refractivity contribution is -0.0513. The molecule has 2 saturated carbocycles. The zero-order chi connectivity index (χ0) is 31.6. The van der Waals surface area contributed by atoms with Gasteiger partial charge in [0.1, 0.15) is 18.3 Å². The van der Waals surface area contributed by atoms with E-state index in [1.54, 1.807) is 12.4 Å². The second-order valence-corrected chi connectivity index (χ2v) is 16.1. The van der Waals surface area contributed by atoms with Crippen LogP contribution in [-0.2, 0) is 21.3 Å². The van der Waals surface area contributed by atoms with Crippen LogP contribution in [0.4, 0.5) is 0 Å². The first kappa shape index (κ1) is 32.8. The van der Waals surface area contributed by atoms with E-state index in [2.05, 4.69) is 62.3 Å². The highest BCUT2D eigenvalue weighted by Gasteiger charge is 2.39. The summed E-state index contributed by atoms with van der Waals surface area (Å²) in [6, 6.07) is 6.47. The minimum Gasteiger partial charge on any atom is -0.488 e. The molecule has 5 unspecified atom stereocenters. The van der Waals surface area contributed by atoms with E-state index in [4.69, 9.17) is 9.47 Å². The van der Waals surface area contributed by atoms with Crippen molar-refractivity contribution in [3.8, 4) is 5.75 Å². The van der Waals surface area contributed by atoms with Crippen molar-refractivity contribution in [2.45, 2.75) is 128 Å². The molecule has 45 heavy (non-hydrogen) atoms. The summed E-state index contributed by atoms with van der Waals surface area (Å²) in [5, 5.41) is 6.63. The quantitative estimate of drug-likeness (QED) is 0.397. The third kappa shape index (κ3) is 8.23. The number of hydrogen-bond donors (Lipinski definition) is 3. The molecule has 11 heteroatoms. The van der Waals surface area contributed by atoms with Gasteiger partial charge in [0.15, 0.2) is 5.75 Å². The summed E-state index contributed by atoms with van der Waals surface area (Å²) < 4.78 is 43.3. The van der Waals surface area contributed by atoms with Gasteiger partial charge >= 0.3 is 0 Å². The van der Waals surface area contributed by atoms with Crippen LogP contribution >= 0.6 is 0 Å². The molecule has 3 N–H and O–H groups in total. The van der Waals surface area contributed by atoms with Crippen LogP contribution in [-0.4, -0.2) is 66.4 Å². The van der Waals surface area contributed by atoms with Crippen LogP contribution < -0.4 is 20.1 Å². The van der Waals surface area contributed by atoms with E-state index in [1.807, 2.05) is 13.8 Å². The molecule has 6 rings (SSSR count). The number of sulfonamides is 1. The molecule has 6 atom stereocenters. The van der Waals surface area contributed by atoms with Gasteiger partial charge in [-0.25, -0.2) is 18.4 Å². The monoisotopic (exact) mass is 640 g/mol. The zero-order valence-corrected chi connectivity index (χ0v) is 28.2. The van der Waals surface area contributed by atoms with E-state index in [0.29, 0.717) is 44.1 Å². The fraction of sp³-hybridized carbons (Fsp3) is 0.706. The lowest BCUT2D eigenvalue weighted by atomic mass is 9.80. The van der Waals surface area contributed by atoms with Crippen molar-refractivity contribution in [1.82, 2.24) is 30.2 Å². The Labute approximate surface area is 269 Å². The van der Waals surface area contributed by atoms with Gasteiger partial charge < -0.3 is 9.47 Å². The molecule has 2 aliphatic carbocycles. The number of hydrogen-bond acceptors (Lipinski definition) is 9. The van der Waals surface area contributed by atoms with Crippen molar-refractivity contribution in [3.63, 3.8) is 0 Å². The Balaban J connectivity index is 1.30. The second kappa shape index (κ2) is 14.3. The maximum atomic E-state index is 13.9. The number of benzene rings is 1. The van der Waals surface area contributed by atoms with Crippen molar-refractivity contribution in [2.24, 2.45) is 11.8 Å². The molecule has 1 aromatic carbocycles. The van der Waals surface area contributed by atoms with E-state index in [0.717, 1.165) is 31.6 Å². The van der Waals surface area contributed by atoms with Crippen LogP contribution in [0.3, 0.4) is 0 Å². The van der Waals surface area contributed by atoms with Crippen LogP contribution in [0.25, 0.3) is 0 Å². The number of fused-ring (bicyclic) bond motifs is 4. The van der Waals surface area contributed by atoms with Gasteiger partial charge in [-0.15, -0.1) is 0 Å². The molecule has 10 nitrogen and oxygen atoms in total. The van der Waals surface area contributed by atoms with Gasteiger partial charge in [0.05, 0.1) is 36.9 Å². The number of nitrogens with zero attached hydrogens (tertiary/aromatic N) is 3. The summed E-state index contributed by atoms with van der Waals surface area (Å²) in [6.45, 7) is 10.2. The Morgan fingerprint density at radius 2 is 1.76 bits per heavy atom. The van der Waals surface area contributed by atoms with E-state index < -0.39 is 21.6 Å². The molecular formula is C34H52N6O4S. The summed E-state index contributed by atoms with van der Waals surface area (Å²) in [5.74, 6) is 2.39. The third-order valence-electron chi connectivity index (χ3n) is 10.2. The summed E-state index contributed by atoms with van der Waals surface area (Å²) >= 11 is 0. The second-order valence-electron chi connectivity index (χ2n) is 14.1. The summed E-state index contributed by atoms with van der Waals surface area (Å²) in [7, 11) is -3.58. The summed E-state index contributed by atoms with van der Waals surface area (Å²) in [4.78, 5) is 11.9. The first-order valence-corrected chi connectivity index (χ1v) is 18.6. The standard InChI is InChI=1S/C34H52N6O4S/c1-22(2)44-28-17-35-31(36-18-28)20-40-19-26-12-7-13-29(15-26)45(41,42)39-34-37-30(33-23(3)8-5-9-24(33)4)16-32(38-34)43-21-27(40)14-25-10-6-11-25/h5,8-9,17-18,22,25-27,29-30,32,34,37-39H,6-7,10-16,19-21H2,1-4H3/t26?,27-,29?,30?,32?,34?/m1/s1.